The number of fused-ring (bicyclic) bond motifs is 6. The molecule has 0 bridgehead atoms. The van der Waals surface area contributed by atoms with Crippen molar-refractivity contribution in [2.75, 3.05) is 102 Å². The molecule has 0 saturated carbocycles. The van der Waals surface area contributed by atoms with Gasteiger partial charge in [-0.1, -0.05) is 36.4 Å². The lowest BCUT2D eigenvalue weighted by Crippen LogP contribution is -2.23. The van der Waals surface area contributed by atoms with Crippen molar-refractivity contribution < 1.29 is 55.7 Å². The Morgan fingerprint density at radius 2 is 0.828 bits per heavy atom. The number of likely N-dealkylation sites (N-methyl/N-ethyl adjacent to an activating group) is 1. The van der Waals surface area contributed by atoms with Gasteiger partial charge in [-0.25, -0.2) is 51.9 Å². The van der Waals surface area contributed by atoms with Crippen LogP contribution in [0.25, 0.3) is 50.7 Å². The first-order chi connectivity index (χ1) is 56.6. The van der Waals surface area contributed by atoms with Crippen molar-refractivity contribution in [2.45, 2.75) is 101 Å². The number of rotatable bonds is 20. The molecule has 596 valence electrons. The summed E-state index contributed by atoms with van der Waals surface area (Å²) in [5.41, 5.74) is 18.8. The van der Waals surface area contributed by atoms with E-state index >= 15 is 0 Å². The van der Waals surface area contributed by atoms with E-state index in [1.54, 1.807) is 37.2 Å². The number of aromatic nitrogens is 9. The molecule has 5 saturated heterocycles. The highest BCUT2D eigenvalue weighted by Crippen LogP contribution is 2.42. The maximum absolute atomic E-state index is 13.9. The largest absolute Gasteiger partial charge is 0.395 e. The predicted molar refractivity (Wildman–Crippen MR) is 425 cm³/mol. The number of amides is 3. The number of halogens is 5. The number of alkyl halides is 2. The van der Waals surface area contributed by atoms with Crippen LogP contribution in [0.2, 0.25) is 0 Å². The summed E-state index contributed by atoms with van der Waals surface area (Å²) >= 11 is 0. The van der Waals surface area contributed by atoms with Crippen molar-refractivity contribution >= 4 is 69.2 Å². The molecule has 5 atom stereocenters. The lowest BCUT2D eigenvalue weighted by molar-refractivity contribution is 0.0958. The molecular weight excluding hydrogens is 1490 g/mol. The van der Waals surface area contributed by atoms with Crippen LogP contribution in [0.3, 0.4) is 0 Å². The SMILES string of the molecule is CN(CCO)Cc1nc(Nc2ccc(-c3cnc4cc(F)ccn34)c3c2C(=O)NC3)ccc1[C@@H]1CCOC1.O=C1NCc2c(-c3cnc4cc(F)ccn34)ccc(Nc3ccc([C@@H]4CCOC4)c(CN4CC[C@H](F)C4)n3)c21.O=C1NCc2c(-c3cnc4cc(F)ccn34)ccc(Nc3ccc([C@H]4CCOC4)c(CN4CC[C@H](F)C4)n3)c21. The van der Waals surface area contributed by atoms with Crippen molar-refractivity contribution in [2.24, 2.45) is 0 Å². The number of benzene rings is 3. The molecule has 3 aromatic carbocycles. The molecule has 0 radical (unpaired) electrons. The Hall–Kier alpha value is -11.6. The molecule has 20 rings (SSSR count). The number of aliphatic hydroxyl groups is 1. The summed E-state index contributed by atoms with van der Waals surface area (Å²) in [5, 5.41) is 28.3. The molecule has 5 fully saturated rings. The average Bonchev–Trinajstić information content (AvgIpc) is 1.60. The first kappa shape index (κ1) is 75.7. The van der Waals surface area contributed by atoms with Crippen molar-refractivity contribution in [3.05, 3.63) is 231 Å². The van der Waals surface area contributed by atoms with Crippen molar-refractivity contribution in [3.63, 3.8) is 0 Å². The number of anilines is 6. The molecule has 3 amide bonds. The second-order valence-corrected chi connectivity index (χ2v) is 30.7. The fourth-order valence-corrected chi connectivity index (χ4v) is 17.3. The predicted octanol–water partition coefficient (Wildman–Crippen LogP) is 12.6. The highest BCUT2D eigenvalue weighted by atomic mass is 19.1. The number of nitrogens with one attached hydrogen (secondary N) is 6. The molecule has 30 heteroatoms. The number of hydrogen-bond donors (Lipinski definition) is 7. The van der Waals surface area contributed by atoms with Crippen molar-refractivity contribution in [1.82, 2.24) is 73.8 Å². The van der Waals surface area contributed by atoms with Crippen molar-refractivity contribution in [1.29, 1.82) is 0 Å². The lowest BCUT2D eigenvalue weighted by Gasteiger charge is -2.21. The van der Waals surface area contributed by atoms with Gasteiger partial charge in [0.05, 0.1) is 113 Å². The molecule has 9 aromatic heterocycles. The van der Waals surface area contributed by atoms with E-state index < -0.39 is 12.3 Å². The standard InChI is InChI=1S/2C29H28F2N6O2.C28H29FN6O3/c2*30-18-6-9-37-25(13-32-27(37)11-18)21-1-3-23(28-22(21)12-33-29(28)38)34-26-4-2-20(17-7-10-39-16-17)24(35-26)15-36-8-5-19(31)14-36;1-34(9-10-36)15-23-19(17-7-11-38-16-17)3-5-25(33-23)32-22-4-2-20(21-13-31-28(37)27(21)22)24-14-30-26-12-18(29)6-8-35(24)26/h2*1-4,6,9,11,13,17,19H,5,7-8,10,12,14-16H2,(H,33,38)(H,34,35);2-6,8,12,14,17,36H,7,9-11,13,15-16H2,1H3,(H,31,37)(H,32,33)/t17-,19+;17-,19-;17-/m101/s1. The summed E-state index contributed by atoms with van der Waals surface area (Å²) in [5.74, 6) is 1.19. The molecule has 0 unspecified atom stereocenters. The first-order valence-corrected chi connectivity index (χ1v) is 39.4. The molecule has 0 spiro atoms. The molecule has 25 nitrogen and oxygen atoms in total. The lowest BCUT2D eigenvalue weighted by atomic mass is 9.96. The smallest absolute Gasteiger partial charge is 0.254 e. The number of pyridine rings is 6. The van der Waals surface area contributed by atoms with Gasteiger partial charge in [0.15, 0.2) is 0 Å². The van der Waals surface area contributed by atoms with E-state index in [-0.39, 0.29) is 53.6 Å². The van der Waals surface area contributed by atoms with Crippen LogP contribution in [0.4, 0.5) is 56.5 Å². The van der Waals surface area contributed by atoms with E-state index in [1.807, 2.05) is 79.7 Å². The number of ether oxygens (including phenoxy) is 3. The molecule has 116 heavy (non-hydrogen) atoms. The third-order valence-electron chi connectivity index (χ3n) is 23.2. The van der Waals surface area contributed by atoms with Crippen LogP contribution < -0.4 is 31.9 Å². The van der Waals surface area contributed by atoms with Crippen LogP contribution in [0.15, 0.2) is 146 Å². The minimum Gasteiger partial charge on any atom is -0.395 e. The second kappa shape index (κ2) is 32.6. The molecule has 12 aromatic rings. The van der Waals surface area contributed by atoms with E-state index in [9.17, 15) is 41.4 Å². The first-order valence-electron chi connectivity index (χ1n) is 39.4. The number of carbonyl (C=O) groups is 3. The van der Waals surface area contributed by atoms with Crippen LogP contribution in [0.5, 0.6) is 0 Å². The molecule has 8 aliphatic heterocycles. The van der Waals surface area contributed by atoms with E-state index in [1.165, 1.54) is 36.4 Å². The number of imidazole rings is 3. The summed E-state index contributed by atoms with van der Waals surface area (Å²) in [6.07, 6.45) is 12.4. The monoisotopic (exact) mass is 1580 g/mol. The summed E-state index contributed by atoms with van der Waals surface area (Å²) < 4.78 is 91.2. The minimum atomic E-state index is -0.795. The summed E-state index contributed by atoms with van der Waals surface area (Å²) in [4.78, 5) is 73.0. The van der Waals surface area contributed by atoms with Gasteiger partial charge >= 0.3 is 0 Å². The summed E-state index contributed by atoms with van der Waals surface area (Å²) in [7, 11) is 1.96. The second-order valence-electron chi connectivity index (χ2n) is 30.7. The van der Waals surface area contributed by atoms with Gasteiger partial charge in [-0.3, -0.25) is 42.3 Å². The zero-order chi connectivity index (χ0) is 79.2. The van der Waals surface area contributed by atoms with Crippen LogP contribution >= 0.6 is 0 Å². The van der Waals surface area contributed by atoms with E-state index in [0.29, 0.717) is 179 Å². The summed E-state index contributed by atoms with van der Waals surface area (Å²) in [6, 6.07) is 31.8. The molecule has 7 N–H and O–H groups in total. The third-order valence-corrected chi connectivity index (χ3v) is 23.2. The fraction of sp³-hybridized carbons (Fsp3) is 0.337. The Morgan fingerprint density at radius 3 is 1.16 bits per heavy atom. The minimum absolute atomic E-state index is 0.0747. The Labute approximate surface area is 663 Å². The van der Waals surface area contributed by atoms with Gasteiger partial charge in [-0.2, -0.15) is 0 Å². The average molecular weight is 1580 g/mol. The number of aliphatic hydroxyl groups excluding tert-OH is 1. The molecular formula is C86H85F5N18O7. The number of likely N-dealkylation sites (tertiary alicyclic amines) is 2. The topological polar surface area (TPSA) is 272 Å². The van der Waals surface area contributed by atoms with Gasteiger partial charge in [0.25, 0.3) is 17.7 Å². The molecule has 8 aliphatic rings. The zero-order valence-corrected chi connectivity index (χ0v) is 63.7. The highest BCUT2D eigenvalue weighted by Gasteiger charge is 2.35. The zero-order valence-electron chi connectivity index (χ0n) is 63.7. The molecule has 0 aliphatic carbocycles. The van der Waals surface area contributed by atoms with Crippen LogP contribution in [-0.2, 0) is 53.5 Å². The highest BCUT2D eigenvalue weighted by molar-refractivity contribution is 6.08. The summed E-state index contributed by atoms with van der Waals surface area (Å²) in [6.45, 7) is 10.0. The van der Waals surface area contributed by atoms with Crippen molar-refractivity contribution in [3.8, 4) is 33.8 Å². The van der Waals surface area contributed by atoms with E-state index in [4.69, 9.17) is 29.2 Å². The van der Waals surface area contributed by atoms with E-state index in [0.717, 1.165) is 123 Å². The number of hydrogen-bond acceptors (Lipinski definition) is 19. The Kier molecular flexibility index (Phi) is 21.3. The van der Waals surface area contributed by atoms with Gasteiger partial charge in [-0.15, -0.1) is 0 Å². The van der Waals surface area contributed by atoms with Gasteiger partial charge in [0.1, 0.15) is 64.2 Å². The van der Waals surface area contributed by atoms with Crippen LogP contribution in [0.1, 0.15) is 131 Å². The quantitative estimate of drug-likeness (QED) is 0.0349. The van der Waals surface area contributed by atoms with Gasteiger partial charge in [0.2, 0.25) is 0 Å². The van der Waals surface area contributed by atoms with Gasteiger partial charge in [0, 0.05) is 163 Å². The number of carbonyl (C=O) groups excluding carboxylic acids is 3. The Morgan fingerprint density at radius 1 is 0.474 bits per heavy atom. The maximum Gasteiger partial charge on any atom is 0.254 e. The Balaban J connectivity index is 0.000000120. The van der Waals surface area contributed by atoms with Crippen LogP contribution in [-0.4, -0.2) is 179 Å². The maximum atomic E-state index is 13.9. The third kappa shape index (κ3) is 15.4. The van der Waals surface area contributed by atoms with Gasteiger partial charge < -0.3 is 51.2 Å². The molecule has 17 heterocycles. The normalized spacial score (nSPS) is 19.7. The fourth-order valence-electron chi connectivity index (χ4n) is 17.3. The van der Waals surface area contributed by atoms with E-state index in [2.05, 4.69) is 74.9 Å². The number of nitrogens with zero attached hydrogens (tertiary/aromatic N) is 12. The van der Waals surface area contributed by atoms with Gasteiger partial charge in [-0.05, 0) is 127 Å². The Bertz CT molecular complexity index is 5550. The van der Waals surface area contributed by atoms with Crippen LogP contribution in [0, 0.1) is 17.5 Å².